The van der Waals surface area contributed by atoms with Crippen LogP contribution in [0.25, 0.3) is 0 Å². The maximum Gasteiger partial charge on any atom is 0.241 e. The van der Waals surface area contributed by atoms with Crippen molar-refractivity contribution < 1.29 is 9.59 Å². The summed E-state index contributed by atoms with van der Waals surface area (Å²) in [4.78, 5) is 26.6. The molecule has 2 amide bonds. The van der Waals surface area contributed by atoms with Crippen LogP contribution in [0.15, 0.2) is 0 Å². The largest absolute Gasteiger partial charge is 0.322 e. The zero-order valence-electron chi connectivity index (χ0n) is 8.98. The standard InChI is InChI=1S/C10H17N3O2/c1-7(14)12-5-2-3-9(12)13-6-4-8(11)10(13)15/h8-9H,2-6,11H2,1H3. The van der Waals surface area contributed by atoms with Crippen molar-refractivity contribution in [1.82, 2.24) is 9.80 Å². The summed E-state index contributed by atoms with van der Waals surface area (Å²) < 4.78 is 0. The normalized spacial score (nSPS) is 31.5. The van der Waals surface area contributed by atoms with Crippen molar-refractivity contribution in [3.63, 3.8) is 0 Å². The summed E-state index contributed by atoms with van der Waals surface area (Å²) in [6.45, 7) is 3.01. The molecule has 2 N–H and O–H groups in total. The van der Waals surface area contributed by atoms with Crippen molar-refractivity contribution in [1.29, 1.82) is 0 Å². The van der Waals surface area contributed by atoms with Gasteiger partial charge >= 0.3 is 0 Å². The Morgan fingerprint density at radius 3 is 2.67 bits per heavy atom. The second-order valence-corrected chi connectivity index (χ2v) is 4.26. The molecule has 2 heterocycles. The van der Waals surface area contributed by atoms with Gasteiger partial charge in [-0.2, -0.15) is 0 Å². The van der Waals surface area contributed by atoms with E-state index >= 15 is 0 Å². The lowest BCUT2D eigenvalue weighted by Gasteiger charge is -2.31. The summed E-state index contributed by atoms with van der Waals surface area (Å²) in [6, 6.07) is -0.362. The van der Waals surface area contributed by atoms with E-state index in [2.05, 4.69) is 0 Å². The summed E-state index contributed by atoms with van der Waals surface area (Å²) >= 11 is 0. The third-order valence-electron chi connectivity index (χ3n) is 3.27. The van der Waals surface area contributed by atoms with E-state index < -0.39 is 0 Å². The number of nitrogens with two attached hydrogens (primary N) is 1. The lowest BCUT2D eigenvalue weighted by molar-refractivity contribution is -0.140. The predicted octanol–water partition coefficient (Wildman–Crippen LogP) is -0.486. The molecule has 5 nitrogen and oxygen atoms in total. The fourth-order valence-corrected chi connectivity index (χ4v) is 2.46. The summed E-state index contributed by atoms with van der Waals surface area (Å²) in [5.41, 5.74) is 5.66. The van der Waals surface area contributed by atoms with Crippen LogP contribution < -0.4 is 5.73 Å². The quantitative estimate of drug-likeness (QED) is 0.636. The molecule has 0 spiro atoms. The van der Waals surface area contributed by atoms with E-state index in [1.54, 1.807) is 16.7 Å². The van der Waals surface area contributed by atoms with Crippen LogP contribution in [0.2, 0.25) is 0 Å². The van der Waals surface area contributed by atoms with Gasteiger partial charge in [0, 0.05) is 20.0 Å². The number of likely N-dealkylation sites (tertiary alicyclic amines) is 2. The first kappa shape index (κ1) is 10.4. The Morgan fingerprint density at radius 2 is 2.13 bits per heavy atom. The van der Waals surface area contributed by atoms with Crippen LogP contribution in [-0.2, 0) is 9.59 Å². The lowest BCUT2D eigenvalue weighted by atomic mass is 10.3. The first-order valence-electron chi connectivity index (χ1n) is 5.44. The molecule has 0 aromatic heterocycles. The maximum absolute atomic E-state index is 11.7. The summed E-state index contributed by atoms with van der Waals surface area (Å²) in [6.07, 6.45) is 2.53. The molecule has 15 heavy (non-hydrogen) atoms. The number of nitrogens with zero attached hydrogens (tertiary/aromatic N) is 2. The SMILES string of the molecule is CC(=O)N1CCCC1N1CCC(N)C1=O. The number of hydrogen-bond acceptors (Lipinski definition) is 3. The van der Waals surface area contributed by atoms with E-state index in [4.69, 9.17) is 5.73 Å². The molecule has 2 saturated heterocycles. The minimum atomic E-state index is -0.362. The lowest BCUT2D eigenvalue weighted by Crippen LogP contribution is -2.49. The summed E-state index contributed by atoms with van der Waals surface area (Å²) in [5, 5.41) is 0. The highest BCUT2D eigenvalue weighted by atomic mass is 16.2. The highest BCUT2D eigenvalue weighted by molar-refractivity contribution is 5.84. The average Bonchev–Trinajstić information content (AvgIpc) is 2.75. The molecule has 0 aliphatic carbocycles. The molecule has 0 saturated carbocycles. The Kier molecular flexibility index (Phi) is 2.65. The molecule has 0 aromatic carbocycles. The molecule has 5 heteroatoms. The molecule has 2 rings (SSSR count). The molecule has 0 radical (unpaired) electrons. The van der Waals surface area contributed by atoms with Gasteiger partial charge in [-0.3, -0.25) is 9.59 Å². The molecule has 2 unspecified atom stereocenters. The first-order chi connectivity index (χ1) is 7.11. The topological polar surface area (TPSA) is 66.6 Å². The van der Waals surface area contributed by atoms with Crippen LogP contribution in [0.4, 0.5) is 0 Å². The van der Waals surface area contributed by atoms with Crippen molar-refractivity contribution >= 4 is 11.8 Å². The Morgan fingerprint density at radius 1 is 1.40 bits per heavy atom. The second-order valence-electron chi connectivity index (χ2n) is 4.26. The van der Waals surface area contributed by atoms with E-state index in [-0.39, 0.29) is 24.0 Å². The van der Waals surface area contributed by atoms with Crippen LogP contribution in [0, 0.1) is 0 Å². The van der Waals surface area contributed by atoms with Gasteiger partial charge in [-0.1, -0.05) is 0 Å². The maximum atomic E-state index is 11.7. The van der Waals surface area contributed by atoms with E-state index in [1.807, 2.05) is 0 Å². The molecular weight excluding hydrogens is 194 g/mol. The van der Waals surface area contributed by atoms with E-state index in [1.165, 1.54) is 0 Å². The van der Waals surface area contributed by atoms with Gasteiger partial charge in [0.25, 0.3) is 0 Å². The van der Waals surface area contributed by atoms with Gasteiger partial charge in [-0.05, 0) is 19.3 Å². The van der Waals surface area contributed by atoms with Crippen LogP contribution in [0.1, 0.15) is 26.2 Å². The second kappa shape index (κ2) is 3.81. The monoisotopic (exact) mass is 211 g/mol. The first-order valence-corrected chi connectivity index (χ1v) is 5.44. The Hall–Kier alpha value is -1.10. The Balaban J connectivity index is 2.10. The van der Waals surface area contributed by atoms with E-state index in [0.29, 0.717) is 13.0 Å². The summed E-state index contributed by atoms with van der Waals surface area (Å²) in [7, 11) is 0. The number of rotatable bonds is 1. The Labute approximate surface area is 89.2 Å². The molecule has 84 valence electrons. The van der Waals surface area contributed by atoms with Crippen molar-refractivity contribution in [2.24, 2.45) is 5.73 Å². The van der Waals surface area contributed by atoms with Crippen LogP contribution in [0.5, 0.6) is 0 Å². The van der Waals surface area contributed by atoms with Gasteiger partial charge in [0.05, 0.1) is 6.04 Å². The number of hydrogen-bond donors (Lipinski definition) is 1. The highest BCUT2D eigenvalue weighted by Gasteiger charge is 2.39. The van der Waals surface area contributed by atoms with Gasteiger partial charge in [0.2, 0.25) is 11.8 Å². The van der Waals surface area contributed by atoms with Crippen molar-refractivity contribution in [3.8, 4) is 0 Å². The van der Waals surface area contributed by atoms with Crippen LogP contribution in [0.3, 0.4) is 0 Å². The zero-order chi connectivity index (χ0) is 11.0. The van der Waals surface area contributed by atoms with E-state index in [0.717, 1.165) is 19.4 Å². The predicted molar refractivity (Wildman–Crippen MR) is 54.7 cm³/mol. The van der Waals surface area contributed by atoms with Gasteiger partial charge in [0.15, 0.2) is 0 Å². The zero-order valence-corrected chi connectivity index (χ0v) is 8.98. The van der Waals surface area contributed by atoms with Crippen LogP contribution in [-0.4, -0.2) is 46.9 Å². The molecule has 2 aliphatic heterocycles. The number of amides is 2. The molecular formula is C10H17N3O2. The van der Waals surface area contributed by atoms with Gasteiger partial charge in [-0.15, -0.1) is 0 Å². The average molecular weight is 211 g/mol. The number of carbonyl (C=O) groups is 2. The molecule has 2 atom stereocenters. The molecule has 0 bridgehead atoms. The fourth-order valence-electron chi connectivity index (χ4n) is 2.46. The third-order valence-corrected chi connectivity index (χ3v) is 3.27. The summed E-state index contributed by atoms with van der Waals surface area (Å²) in [5.74, 6) is 0.0407. The van der Waals surface area contributed by atoms with E-state index in [9.17, 15) is 9.59 Å². The Bertz CT molecular complexity index is 292. The fraction of sp³-hybridized carbons (Fsp3) is 0.800. The molecule has 0 aromatic rings. The van der Waals surface area contributed by atoms with Gasteiger partial charge in [-0.25, -0.2) is 0 Å². The van der Waals surface area contributed by atoms with Crippen molar-refractivity contribution in [3.05, 3.63) is 0 Å². The molecule has 2 aliphatic rings. The smallest absolute Gasteiger partial charge is 0.241 e. The highest BCUT2D eigenvalue weighted by Crippen LogP contribution is 2.24. The number of carbonyl (C=O) groups excluding carboxylic acids is 2. The third kappa shape index (κ3) is 1.71. The van der Waals surface area contributed by atoms with Gasteiger partial charge in [0.1, 0.15) is 6.17 Å². The molecule has 2 fully saturated rings. The minimum Gasteiger partial charge on any atom is -0.322 e. The van der Waals surface area contributed by atoms with Crippen molar-refractivity contribution in [2.45, 2.75) is 38.4 Å². The van der Waals surface area contributed by atoms with Crippen molar-refractivity contribution in [2.75, 3.05) is 13.1 Å². The minimum absolute atomic E-state index is 0.00634. The van der Waals surface area contributed by atoms with Crippen LogP contribution >= 0.6 is 0 Å². The van der Waals surface area contributed by atoms with Gasteiger partial charge < -0.3 is 15.5 Å².